The third-order valence-electron chi connectivity index (χ3n) is 6.45. The van der Waals surface area contributed by atoms with Gasteiger partial charge in [0.15, 0.2) is 0 Å². The Kier molecular flexibility index (Phi) is 3.15. The minimum absolute atomic E-state index is 0.0318. The van der Waals surface area contributed by atoms with Crippen molar-refractivity contribution in [1.29, 1.82) is 0 Å². The Labute approximate surface area is 127 Å². The van der Waals surface area contributed by atoms with E-state index in [0.29, 0.717) is 5.41 Å². The van der Waals surface area contributed by atoms with Crippen molar-refractivity contribution >= 4 is 0 Å². The normalized spacial score (nSPS) is 38.7. The zero-order valence-corrected chi connectivity index (χ0v) is 13.2. The number of rotatable bonds is 3. The first-order valence-electron chi connectivity index (χ1n) is 8.53. The van der Waals surface area contributed by atoms with Crippen molar-refractivity contribution in [3.05, 3.63) is 35.1 Å². The van der Waals surface area contributed by atoms with Crippen LogP contribution in [0.5, 0.6) is 0 Å². The molecular formula is C19H26FN. The van der Waals surface area contributed by atoms with Crippen LogP contribution >= 0.6 is 0 Å². The monoisotopic (exact) mass is 287 g/mol. The van der Waals surface area contributed by atoms with Gasteiger partial charge in [0, 0.05) is 11.6 Å². The predicted molar refractivity (Wildman–Crippen MR) is 83.5 cm³/mol. The number of hydrogen-bond donors (Lipinski definition) is 1. The van der Waals surface area contributed by atoms with E-state index in [1.54, 1.807) is 6.07 Å². The van der Waals surface area contributed by atoms with Gasteiger partial charge in [-0.1, -0.05) is 17.7 Å². The van der Waals surface area contributed by atoms with Crippen LogP contribution in [0.15, 0.2) is 18.2 Å². The first-order valence-corrected chi connectivity index (χ1v) is 8.53. The van der Waals surface area contributed by atoms with Crippen molar-refractivity contribution in [3.8, 4) is 0 Å². The largest absolute Gasteiger partial charge is 0.312 e. The van der Waals surface area contributed by atoms with Gasteiger partial charge < -0.3 is 5.32 Å². The molecule has 1 N–H and O–H groups in total. The van der Waals surface area contributed by atoms with Crippen molar-refractivity contribution in [3.63, 3.8) is 0 Å². The van der Waals surface area contributed by atoms with Crippen molar-refractivity contribution in [2.75, 3.05) is 7.05 Å². The highest BCUT2D eigenvalue weighted by molar-refractivity contribution is 5.29. The summed E-state index contributed by atoms with van der Waals surface area (Å²) in [4.78, 5) is 0. The van der Waals surface area contributed by atoms with Crippen molar-refractivity contribution in [2.45, 2.75) is 51.5 Å². The minimum Gasteiger partial charge on any atom is -0.312 e. The van der Waals surface area contributed by atoms with E-state index in [1.165, 1.54) is 38.5 Å². The lowest BCUT2D eigenvalue weighted by atomic mass is 9.47. The fourth-order valence-electron chi connectivity index (χ4n) is 6.21. The Hall–Kier alpha value is -0.890. The molecule has 4 fully saturated rings. The molecule has 1 nitrogen and oxygen atoms in total. The van der Waals surface area contributed by atoms with Gasteiger partial charge in [-0.2, -0.15) is 0 Å². The maximum absolute atomic E-state index is 14.5. The molecule has 1 aromatic rings. The third kappa shape index (κ3) is 2.14. The van der Waals surface area contributed by atoms with E-state index < -0.39 is 0 Å². The highest BCUT2D eigenvalue weighted by atomic mass is 19.1. The molecule has 0 spiro atoms. The topological polar surface area (TPSA) is 12.0 Å². The molecule has 4 bridgehead atoms. The van der Waals surface area contributed by atoms with Gasteiger partial charge in [-0.25, -0.2) is 4.39 Å². The summed E-state index contributed by atoms with van der Waals surface area (Å²) in [5, 5.41) is 3.50. The van der Waals surface area contributed by atoms with E-state index in [4.69, 9.17) is 0 Å². The molecule has 1 aromatic carbocycles. The second kappa shape index (κ2) is 4.81. The molecule has 2 heteroatoms. The quantitative estimate of drug-likeness (QED) is 0.856. The molecule has 1 atom stereocenters. The number of hydrogen-bond acceptors (Lipinski definition) is 1. The third-order valence-corrected chi connectivity index (χ3v) is 6.45. The minimum atomic E-state index is -0.0318. The van der Waals surface area contributed by atoms with Gasteiger partial charge in [-0.3, -0.25) is 0 Å². The van der Waals surface area contributed by atoms with Crippen molar-refractivity contribution in [1.82, 2.24) is 5.32 Å². The highest BCUT2D eigenvalue weighted by Crippen LogP contribution is 2.64. The first-order chi connectivity index (χ1) is 10.1. The van der Waals surface area contributed by atoms with Gasteiger partial charge in [-0.05, 0) is 81.7 Å². The summed E-state index contributed by atoms with van der Waals surface area (Å²) < 4.78 is 14.5. The Balaban J connectivity index is 1.74. The van der Waals surface area contributed by atoms with Gasteiger partial charge in [0.1, 0.15) is 5.82 Å². The molecule has 0 amide bonds. The number of nitrogens with one attached hydrogen (secondary N) is 1. The van der Waals surface area contributed by atoms with Crippen LogP contribution in [0.4, 0.5) is 4.39 Å². The fraction of sp³-hybridized carbons (Fsp3) is 0.684. The van der Waals surface area contributed by atoms with E-state index in [2.05, 4.69) is 18.3 Å². The highest BCUT2D eigenvalue weighted by Gasteiger charge is 2.54. The Morgan fingerprint density at radius 1 is 1.10 bits per heavy atom. The standard InChI is InChI=1S/C19H26FN/c1-12-3-4-17(20)16(5-12)18(21-2)19-9-13-6-14(10-19)8-15(7-13)11-19/h3-5,13-15,18,21H,6-11H2,1-2H3. The van der Waals surface area contributed by atoms with E-state index in [0.717, 1.165) is 28.9 Å². The van der Waals surface area contributed by atoms with Crippen LogP contribution in [0.3, 0.4) is 0 Å². The van der Waals surface area contributed by atoms with E-state index in [9.17, 15) is 4.39 Å². The van der Waals surface area contributed by atoms with Gasteiger partial charge in [0.05, 0.1) is 0 Å². The molecule has 0 radical (unpaired) electrons. The lowest BCUT2D eigenvalue weighted by Gasteiger charge is -2.59. The van der Waals surface area contributed by atoms with E-state index in [-0.39, 0.29) is 11.9 Å². The molecule has 4 aliphatic carbocycles. The van der Waals surface area contributed by atoms with Crippen LogP contribution in [-0.4, -0.2) is 7.05 Å². The van der Waals surface area contributed by atoms with Gasteiger partial charge >= 0.3 is 0 Å². The molecule has 1 unspecified atom stereocenters. The molecule has 0 saturated heterocycles. The van der Waals surface area contributed by atoms with Crippen LogP contribution in [0, 0.1) is 35.9 Å². The Morgan fingerprint density at radius 3 is 2.19 bits per heavy atom. The van der Waals surface area contributed by atoms with Crippen LogP contribution < -0.4 is 5.32 Å². The summed E-state index contributed by atoms with van der Waals surface area (Å²) in [5.74, 6) is 2.68. The van der Waals surface area contributed by atoms with Crippen LogP contribution in [-0.2, 0) is 0 Å². The summed E-state index contributed by atoms with van der Waals surface area (Å²) in [6.07, 6.45) is 8.22. The second-order valence-electron chi connectivity index (χ2n) is 8.03. The van der Waals surface area contributed by atoms with Gasteiger partial charge in [0.2, 0.25) is 0 Å². The van der Waals surface area contributed by atoms with Crippen molar-refractivity contribution in [2.24, 2.45) is 23.2 Å². The van der Waals surface area contributed by atoms with Gasteiger partial charge in [0.25, 0.3) is 0 Å². The zero-order chi connectivity index (χ0) is 14.6. The van der Waals surface area contributed by atoms with Crippen LogP contribution in [0.1, 0.15) is 55.7 Å². The summed E-state index contributed by atoms with van der Waals surface area (Å²) in [6.45, 7) is 2.06. The molecule has 114 valence electrons. The fourth-order valence-corrected chi connectivity index (χ4v) is 6.21. The number of halogens is 1. The Morgan fingerprint density at radius 2 is 1.67 bits per heavy atom. The predicted octanol–water partition coefficient (Wildman–Crippen LogP) is 4.61. The maximum Gasteiger partial charge on any atom is 0.128 e. The number of benzene rings is 1. The molecule has 0 heterocycles. The molecule has 4 saturated carbocycles. The second-order valence-corrected chi connectivity index (χ2v) is 8.03. The lowest BCUT2D eigenvalue weighted by Crippen LogP contribution is -2.51. The molecule has 4 aliphatic rings. The summed E-state index contributed by atoms with van der Waals surface area (Å²) in [6, 6.07) is 5.78. The van der Waals surface area contributed by atoms with Crippen LogP contribution in [0.2, 0.25) is 0 Å². The van der Waals surface area contributed by atoms with E-state index in [1.807, 2.05) is 13.1 Å². The summed E-state index contributed by atoms with van der Waals surface area (Å²) in [5.41, 5.74) is 2.37. The molecule has 5 rings (SSSR count). The maximum atomic E-state index is 14.5. The van der Waals surface area contributed by atoms with Crippen LogP contribution in [0.25, 0.3) is 0 Å². The molecule has 0 aliphatic heterocycles. The SMILES string of the molecule is CNC(c1cc(C)ccc1F)C12CC3CC(CC(C3)C1)C2. The Bertz CT molecular complexity index is 515. The van der Waals surface area contributed by atoms with E-state index >= 15 is 0 Å². The lowest BCUT2D eigenvalue weighted by molar-refractivity contribution is -0.0741. The summed E-state index contributed by atoms with van der Waals surface area (Å²) in [7, 11) is 2.02. The number of aryl methyl sites for hydroxylation is 1. The summed E-state index contributed by atoms with van der Waals surface area (Å²) >= 11 is 0. The van der Waals surface area contributed by atoms with Crippen molar-refractivity contribution < 1.29 is 4.39 Å². The molecule has 21 heavy (non-hydrogen) atoms. The first kappa shape index (κ1) is 13.8. The zero-order valence-electron chi connectivity index (χ0n) is 13.2. The molecule has 0 aromatic heterocycles. The molecular weight excluding hydrogens is 261 g/mol. The van der Waals surface area contributed by atoms with Gasteiger partial charge in [-0.15, -0.1) is 0 Å². The smallest absolute Gasteiger partial charge is 0.128 e. The average Bonchev–Trinajstić information content (AvgIpc) is 2.41. The average molecular weight is 287 g/mol.